The second kappa shape index (κ2) is 17.3. The van der Waals surface area contributed by atoms with E-state index in [4.69, 9.17) is 24.1 Å². The van der Waals surface area contributed by atoms with Crippen molar-refractivity contribution in [2.24, 2.45) is 0 Å². The number of aliphatic hydroxyl groups is 2. The smallest absolute Gasteiger partial charge is 0.335 e. The van der Waals surface area contributed by atoms with Crippen LogP contribution in [-0.4, -0.2) is 59.0 Å². The van der Waals surface area contributed by atoms with Gasteiger partial charge in [-0.25, -0.2) is 4.79 Å². The molecule has 3 unspecified atom stereocenters. The summed E-state index contributed by atoms with van der Waals surface area (Å²) in [5.41, 5.74) is 0.669. The van der Waals surface area contributed by atoms with E-state index in [2.05, 4.69) is 0 Å². The van der Waals surface area contributed by atoms with Gasteiger partial charge in [-0.15, -0.1) is 0 Å². The molecule has 0 aromatic heterocycles. The van der Waals surface area contributed by atoms with E-state index >= 15 is 0 Å². The number of hydrogen-bond donors (Lipinski definition) is 3. The Balaban J connectivity index is 0. The van der Waals surface area contributed by atoms with E-state index in [-0.39, 0.29) is 18.8 Å². The van der Waals surface area contributed by atoms with E-state index in [1.807, 2.05) is 41.5 Å². The molecule has 1 fully saturated rings. The Labute approximate surface area is 184 Å². The summed E-state index contributed by atoms with van der Waals surface area (Å²) in [5, 5.41) is 28.5. The standard InChI is InChI=1S/C16H20O9.3C2H6/c1-8(17)23-7-9-3-4-11(12(5-9)22-2)24-13-6-10(18)14(19)15(25-13)16(20)21;3*1-2/h3-5,10,13-15,18-19H,6-7H2,1-2H3,(H,20,21);3*1-2H3/t10?,13?,14-,15?;;;/m0.../s1. The van der Waals surface area contributed by atoms with Crippen molar-refractivity contribution in [3.8, 4) is 11.5 Å². The molecule has 0 amide bonds. The zero-order valence-corrected chi connectivity index (χ0v) is 19.7. The van der Waals surface area contributed by atoms with Crippen LogP contribution in [0.2, 0.25) is 0 Å². The molecule has 1 saturated heterocycles. The van der Waals surface area contributed by atoms with Gasteiger partial charge in [0.2, 0.25) is 6.29 Å². The van der Waals surface area contributed by atoms with Crippen molar-refractivity contribution in [1.29, 1.82) is 0 Å². The van der Waals surface area contributed by atoms with Crippen molar-refractivity contribution in [3.63, 3.8) is 0 Å². The van der Waals surface area contributed by atoms with Gasteiger partial charge in [-0.1, -0.05) is 47.6 Å². The Kier molecular flexibility index (Phi) is 17.2. The number of rotatable bonds is 6. The summed E-state index contributed by atoms with van der Waals surface area (Å²) in [6, 6.07) is 4.79. The molecule has 0 bridgehead atoms. The van der Waals surface area contributed by atoms with E-state index in [9.17, 15) is 19.8 Å². The lowest BCUT2D eigenvalue weighted by Gasteiger charge is -2.35. The summed E-state index contributed by atoms with van der Waals surface area (Å²) in [5.74, 6) is -1.24. The highest BCUT2D eigenvalue weighted by Crippen LogP contribution is 2.32. The molecule has 0 aliphatic carbocycles. The molecule has 2 rings (SSSR count). The van der Waals surface area contributed by atoms with Crippen LogP contribution in [0.3, 0.4) is 0 Å². The number of hydrogen-bond acceptors (Lipinski definition) is 8. The third kappa shape index (κ3) is 10.5. The quantitative estimate of drug-likeness (QED) is 0.564. The highest BCUT2D eigenvalue weighted by Gasteiger charge is 2.42. The predicted octanol–water partition coefficient (Wildman–Crippen LogP) is 3.14. The monoisotopic (exact) mass is 446 g/mol. The second-order valence-electron chi connectivity index (χ2n) is 5.50. The number of carboxylic acids is 1. The molecule has 180 valence electrons. The summed E-state index contributed by atoms with van der Waals surface area (Å²) < 4.78 is 20.9. The molecule has 1 heterocycles. The van der Waals surface area contributed by atoms with Gasteiger partial charge in [-0.05, 0) is 17.7 Å². The number of benzene rings is 1. The minimum Gasteiger partial charge on any atom is -0.493 e. The third-order valence-corrected chi connectivity index (χ3v) is 3.61. The average Bonchev–Trinajstić information content (AvgIpc) is 2.79. The molecule has 1 aliphatic heterocycles. The van der Waals surface area contributed by atoms with Crippen molar-refractivity contribution in [2.45, 2.75) is 86.1 Å². The van der Waals surface area contributed by atoms with Gasteiger partial charge >= 0.3 is 11.9 Å². The predicted molar refractivity (Wildman–Crippen MR) is 116 cm³/mol. The minimum atomic E-state index is -1.59. The first-order valence-electron chi connectivity index (χ1n) is 10.5. The Morgan fingerprint density at radius 2 is 1.65 bits per heavy atom. The molecule has 1 aliphatic rings. The number of carboxylic acid groups (broad SMARTS) is 1. The summed E-state index contributed by atoms with van der Waals surface area (Å²) in [6.07, 6.45) is -5.61. The molecule has 31 heavy (non-hydrogen) atoms. The lowest BCUT2D eigenvalue weighted by atomic mass is 10.0. The van der Waals surface area contributed by atoms with Crippen LogP contribution in [-0.2, 0) is 25.7 Å². The number of ether oxygens (including phenoxy) is 4. The molecule has 0 saturated carbocycles. The molecule has 4 atom stereocenters. The van der Waals surface area contributed by atoms with E-state index in [0.717, 1.165) is 0 Å². The number of carbonyl (C=O) groups is 2. The van der Waals surface area contributed by atoms with Gasteiger partial charge in [-0.3, -0.25) is 4.79 Å². The van der Waals surface area contributed by atoms with Gasteiger partial charge in [-0.2, -0.15) is 0 Å². The van der Waals surface area contributed by atoms with Gasteiger partial charge in [0, 0.05) is 13.3 Å². The normalized spacial score (nSPS) is 21.5. The topological polar surface area (TPSA) is 132 Å². The van der Waals surface area contributed by atoms with Gasteiger partial charge < -0.3 is 34.3 Å². The van der Waals surface area contributed by atoms with Gasteiger partial charge in [0.1, 0.15) is 12.7 Å². The maximum absolute atomic E-state index is 11.1. The molecule has 3 N–H and O–H groups in total. The third-order valence-electron chi connectivity index (χ3n) is 3.61. The van der Waals surface area contributed by atoms with E-state index in [1.165, 1.54) is 14.0 Å². The van der Waals surface area contributed by atoms with Crippen LogP contribution in [0.25, 0.3) is 0 Å². The van der Waals surface area contributed by atoms with Gasteiger partial charge in [0.25, 0.3) is 0 Å². The Morgan fingerprint density at radius 1 is 1.06 bits per heavy atom. The number of methoxy groups -OCH3 is 1. The molecule has 1 aromatic carbocycles. The van der Waals surface area contributed by atoms with Crippen LogP contribution in [0.15, 0.2) is 18.2 Å². The summed E-state index contributed by atoms with van der Waals surface area (Å²) in [7, 11) is 1.41. The minimum absolute atomic E-state index is 0.0674. The van der Waals surface area contributed by atoms with Gasteiger partial charge in [0.15, 0.2) is 17.6 Å². The highest BCUT2D eigenvalue weighted by molar-refractivity contribution is 5.73. The van der Waals surface area contributed by atoms with Crippen LogP contribution in [0, 0.1) is 0 Å². The molecule has 0 radical (unpaired) electrons. The molecule has 0 spiro atoms. The van der Waals surface area contributed by atoms with Crippen molar-refractivity contribution >= 4 is 11.9 Å². The van der Waals surface area contributed by atoms with Gasteiger partial charge in [0.05, 0.1) is 13.2 Å². The largest absolute Gasteiger partial charge is 0.493 e. The Bertz CT molecular complexity index is 633. The van der Waals surface area contributed by atoms with E-state index < -0.39 is 36.5 Å². The van der Waals surface area contributed by atoms with Crippen molar-refractivity contribution in [2.75, 3.05) is 7.11 Å². The Morgan fingerprint density at radius 3 is 2.13 bits per heavy atom. The molecule has 1 aromatic rings. The number of carbonyl (C=O) groups excluding carboxylic acids is 1. The van der Waals surface area contributed by atoms with E-state index in [0.29, 0.717) is 11.3 Å². The Hall–Kier alpha value is -2.36. The first kappa shape index (κ1) is 30.8. The van der Waals surface area contributed by atoms with Crippen LogP contribution >= 0.6 is 0 Å². The maximum Gasteiger partial charge on any atom is 0.335 e. The van der Waals surface area contributed by atoms with Crippen molar-refractivity contribution in [3.05, 3.63) is 23.8 Å². The zero-order chi connectivity index (χ0) is 24.6. The van der Waals surface area contributed by atoms with Crippen molar-refractivity contribution < 1.29 is 43.9 Å². The summed E-state index contributed by atoms with van der Waals surface area (Å²) in [6.45, 7) is 13.4. The maximum atomic E-state index is 11.1. The fourth-order valence-electron chi connectivity index (χ4n) is 2.34. The summed E-state index contributed by atoms with van der Waals surface area (Å²) in [4.78, 5) is 21.9. The first-order valence-corrected chi connectivity index (χ1v) is 10.5. The lowest BCUT2D eigenvalue weighted by Crippen LogP contribution is -2.53. The lowest BCUT2D eigenvalue weighted by molar-refractivity contribution is -0.228. The molecule has 9 nitrogen and oxygen atoms in total. The van der Waals surface area contributed by atoms with Crippen LogP contribution in [0.5, 0.6) is 11.5 Å². The fraction of sp³-hybridized carbons (Fsp3) is 0.636. The highest BCUT2D eigenvalue weighted by atomic mass is 16.7. The zero-order valence-electron chi connectivity index (χ0n) is 19.7. The molecular weight excluding hydrogens is 408 g/mol. The molecule has 9 heteroatoms. The fourth-order valence-corrected chi connectivity index (χ4v) is 2.34. The second-order valence-corrected chi connectivity index (χ2v) is 5.50. The first-order chi connectivity index (χ1) is 14.8. The summed E-state index contributed by atoms with van der Waals surface area (Å²) >= 11 is 0. The van der Waals surface area contributed by atoms with Crippen LogP contribution in [0.1, 0.15) is 60.5 Å². The van der Waals surface area contributed by atoms with Crippen molar-refractivity contribution in [1.82, 2.24) is 0 Å². The average molecular weight is 447 g/mol. The van der Waals surface area contributed by atoms with Crippen LogP contribution in [0.4, 0.5) is 0 Å². The van der Waals surface area contributed by atoms with E-state index in [1.54, 1.807) is 18.2 Å². The SMILES string of the molecule is CC.CC.CC.COc1cc(COC(C)=O)ccc1OC1CC(O)[C@H](O)C(C(=O)O)O1. The number of esters is 1. The molecular formula is C22H38O9. The number of aliphatic carboxylic acids is 1. The van der Waals surface area contributed by atoms with Crippen LogP contribution < -0.4 is 9.47 Å². The number of aliphatic hydroxyl groups excluding tert-OH is 2.